The van der Waals surface area contributed by atoms with Gasteiger partial charge >= 0.3 is 0 Å². The van der Waals surface area contributed by atoms with Gasteiger partial charge in [0.2, 0.25) is 0 Å². The van der Waals surface area contributed by atoms with Crippen molar-refractivity contribution < 1.29 is 19.1 Å². The van der Waals surface area contributed by atoms with Gasteiger partial charge in [-0.15, -0.1) is 0 Å². The molecule has 0 radical (unpaired) electrons. The lowest BCUT2D eigenvalue weighted by Gasteiger charge is -2.40. The molecule has 1 saturated heterocycles. The van der Waals surface area contributed by atoms with E-state index in [4.69, 9.17) is 9.47 Å². The molecule has 2 N–H and O–H groups in total. The summed E-state index contributed by atoms with van der Waals surface area (Å²) in [6, 6.07) is 5.50. The Hall–Kier alpha value is -2.12. The highest BCUT2D eigenvalue weighted by Gasteiger charge is 2.48. The monoisotopic (exact) mass is 375 g/mol. The maximum absolute atomic E-state index is 12.9. The van der Waals surface area contributed by atoms with E-state index in [-0.39, 0.29) is 5.41 Å². The molecular weight excluding hydrogens is 346 g/mol. The number of aryl methyl sites for hydroxylation is 1. The van der Waals surface area contributed by atoms with E-state index in [0.717, 1.165) is 24.9 Å². The minimum Gasteiger partial charge on any atom is -0.466 e. The Labute approximate surface area is 160 Å². The van der Waals surface area contributed by atoms with E-state index in [1.165, 1.54) is 6.92 Å². The summed E-state index contributed by atoms with van der Waals surface area (Å²) in [6.07, 6.45) is 1.74. The fourth-order valence-corrected chi connectivity index (χ4v) is 3.79. The number of rotatable bonds is 5. The van der Waals surface area contributed by atoms with Gasteiger partial charge in [0.15, 0.2) is 0 Å². The summed E-state index contributed by atoms with van der Waals surface area (Å²) in [4.78, 5) is 27.7. The summed E-state index contributed by atoms with van der Waals surface area (Å²) in [5.74, 6) is -0.366. The van der Waals surface area contributed by atoms with Gasteiger partial charge in [-0.1, -0.05) is 6.07 Å². The molecule has 0 aromatic heterocycles. The maximum Gasteiger partial charge on any atom is 0.278 e. The number of carbonyl (C=O) groups is 2. The molecular formula is C20H29N3O4. The van der Waals surface area contributed by atoms with Gasteiger partial charge < -0.3 is 25.0 Å². The molecule has 2 amide bonds. The van der Waals surface area contributed by atoms with Crippen LogP contribution in [0.3, 0.4) is 0 Å². The minimum atomic E-state index is -1.59. The first-order chi connectivity index (χ1) is 12.7. The topological polar surface area (TPSA) is 79.9 Å². The van der Waals surface area contributed by atoms with Crippen molar-refractivity contribution in [3.05, 3.63) is 23.8 Å². The molecule has 0 saturated carbocycles. The molecule has 1 aromatic carbocycles. The zero-order valence-electron chi connectivity index (χ0n) is 16.6. The van der Waals surface area contributed by atoms with Crippen LogP contribution in [-0.2, 0) is 14.3 Å². The van der Waals surface area contributed by atoms with Gasteiger partial charge in [-0.2, -0.15) is 0 Å². The standard InChI is InChI=1S/C20H29N3O4/c1-14-5-6-16-15(11-14)22-18(25)19(2,27-16)17(24)21-12-20(13-23(3)4)7-9-26-10-8-20/h5-6,11H,7-10,12-13H2,1-4H3,(H,21,24)(H,22,25). The predicted molar refractivity (Wildman–Crippen MR) is 103 cm³/mol. The molecule has 148 valence electrons. The number of nitrogens with one attached hydrogen (secondary N) is 2. The summed E-state index contributed by atoms with van der Waals surface area (Å²) < 4.78 is 11.3. The van der Waals surface area contributed by atoms with Crippen molar-refractivity contribution >= 4 is 17.5 Å². The molecule has 1 atom stereocenters. The number of benzene rings is 1. The quantitative estimate of drug-likeness (QED) is 0.764. The van der Waals surface area contributed by atoms with Crippen molar-refractivity contribution in [1.82, 2.24) is 10.2 Å². The highest BCUT2D eigenvalue weighted by atomic mass is 16.5. The Morgan fingerprint density at radius 3 is 2.67 bits per heavy atom. The lowest BCUT2D eigenvalue weighted by Crippen LogP contribution is -2.60. The van der Waals surface area contributed by atoms with Gasteiger partial charge in [0, 0.05) is 31.7 Å². The second-order valence-corrected chi connectivity index (χ2v) is 8.12. The number of carbonyl (C=O) groups excluding carboxylic acids is 2. The van der Waals surface area contributed by atoms with Crippen LogP contribution in [0, 0.1) is 12.3 Å². The zero-order chi connectivity index (χ0) is 19.7. The van der Waals surface area contributed by atoms with E-state index >= 15 is 0 Å². The zero-order valence-corrected chi connectivity index (χ0v) is 16.6. The normalized spacial score (nSPS) is 24.0. The van der Waals surface area contributed by atoms with Crippen molar-refractivity contribution in [2.75, 3.05) is 45.7 Å². The van der Waals surface area contributed by atoms with Crippen LogP contribution in [0.15, 0.2) is 18.2 Å². The van der Waals surface area contributed by atoms with Crippen molar-refractivity contribution in [3.8, 4) is 5.75 Å². The average Bonchev–Trinajstić information content (AvgIpc) is 2.61. The first kappa shape index (κ1) is 19.6. The van der Waals surface area contributed by atoms with E-state index in [1.54, 1.807) is 6.07 Å². The SMILES string of the molecule is Cc1ccc2c(c1)NC(=O)C(C)(C(=O)NCC1(CN(C)C)CCOCC1)O2. The lowest BCUT2D eigenvalue weighted by atomic mass is 9.79. The second-order valence-electron chi connectivity index (χ2n) is 8.12. The molecule has 2 aliphatic heterocycles. The highest BCUT2D eigenvalue weighted by molar-refractivity contribution is 6.15. The predicted octanol–water partition coefficient (Wildman–Crippen LogP) is 1.56. The average molecular weight is 375 g/mol. The molecule has 3 rings (SSSR count). The van der Waals surface area contributed by atoms with Crippen molar-refractivity contribution in [2.45, 2.75) is 32.3 Å². The second kappa shape index (κ2) is 7.48. The van der Waals surface area contributed by atoms with E-state index in [0.29, 0.717) is 31.2 Å². The molecule has 1 aromatic rings. The van der Waals surface area contributed by atoms with Gasteiger partial charge in [0.25, 0.3) is 17.4 Å². The van der Waals surface area contributed by atoms with Crippen LogP contribution >= 0.6 is 0 Å². The van der Waals surface area contributed by atoms with E-state index < -0.39 is 17.4 Å². The van der Waals surface area contributed by atoms with E-state index in [2.05, 4.69) is 15.5 Å². The molecule has 2 heterocycles. The molecule has 0 spiro atoms. The van der Waals surface area contributed by atoms with Crippen LogP contribution in [0.1, 0.15) is 25.3 Å². The number of fused-ring (bicyclic) bond motifs is 1. The molecule has 1 unspecified atom stereocenters. The third-order valence-corrected chi connectivity index (χ3v) is 5.39. The number of nitrogens with zero attached hydrogens (tertiary/aromatic N) is 1. The molecule has 1 fully saturated rings. The lowest BCUT2D eigenvalue weighted by molar-refractivity contribution is -0.147. The van der Waals surface area contributed by atoms with Crippen LogP contribution in [0.25, 0.3) is 0 Å². The molecule has 0 aliphatic carbocycles. The van der Waals surface area contributed by atoms with Gasteiger partial charge in [-0.05, 0) is 58.5 Å². The third-order valence-electron chi connectivity index (χ3n) is 5.39. The fourth-order valence-electron chi connectivity index (χ4n) is 3.79. The number of hydrogen-bond acceptors (Lipinski definition) is 5. The first-order valence-corrected chi connectivity index (χ1v) is 9.36. The van der Waals surface area contributed by atoms with Crippen molar-refractivity contribution in [3.63, 3.8) is 0 Å². The number of hydrogen-bond donors (Lipinski definition) is 2. The fraction of sp³-hybridized carbons (Fsp3) is 0.600. The van der Waals surface area contributed by atoms with Gasteiger partial charge in [0.05, 0.1) is 5.69 Å². The summed E-state index contributed by atoms with van der Waals surface area (Å²) in [5.41, 5.74) is -0.0460. The maximum atomic E-state index is 12.9. The van der Waals surface area contributed by atoms with Crippen LogP contribution in [0.5, 0.6) is 5.75 Å². The largest absolute Gasteiger partial charge is 0.466 e. The Kier molecular flexibility index (Phi) is 5.44. The van der Waals surface area contributed by atoms with E-state index in [9.17, 15) is 9.59 Å². The van der Waals surface area contributed by atoms with Gasteiger partial charge in [0.1, 0.15) is 5.75 Å². The van der Waals surface area contributed by atoms with E-state index in [1.807, 2.05) is 33.2 Å². The van der Waals surface area contributed by atoms with Gasteiger partial charge in [-0.3, -0.25) is 9.59 Å². The Balaban J connectivity index is 1.72. The summed E-state index contributed by atoms with van der Waals surface area (Å²) in [7, 11) is 4.05. The van der Waals surface area contributed by atoms with Crippen LogP contribution in [-0.4, -0.2) is 62.7 Å². The summed E-state index contributed by atoms with van der Waals surface area (Å²) >= 11 is 0. The highest BCUT2D eigenvalue weighted by Crippen LogP contribution is 2.35. The Morgan fingerprint density at radius 2 is 2.00 bits per heavy atom. The Morgan fingerprint density at radius 1 is 1.30 bits per heavy atom. The first-order valence-electron chi connectivity index (χ1n) is 9.36. The minimum absolute atomic E-state index is 0.0616. The van der Waals surface area contributed by atoms with Crippen molar-refractivity contribution in [1.29, 1.82) is 0 Å². The number of anilines is 1. The van der Waals surface area contributed by atoms with Crippen LogP contribution in [0.2, 0.25) is 0 Å². The van der Waals surface area contributed by atoms with Crippen LogP contribution in [0.4, 0.5) is 5.69 Å². The smallest absolute Gasteiger partial charge is 0.278 e. The summed E-state index contributed by atoms with van der Waals surface area (Å²) in [5, 5.41) is 5.77. The van der Waals surface area contributed by atoms with Crippen LogP contribution < -0.4 is 15.4 Å². The molecule has 27 heavy (non-hydrogen) atoms. The molecule has 7 heteroatoms. The van der Waals surface area contributed by atoms with Crippen molar-refractivity contribution in [2.24, 2.45) is 5.41 Å². The molecule has 0 bridgehead atoms. The number of ether oxygens (including phenoxy) is 2. The third kappa shape index (κ3) is 4.09. The Bertz CT molecular complexity index is 728. The number of amides is 2. The summed E-state index contributed by atoms with van der Waals surface area (Å²) in [6.45, 7) is 6.16. The molecule has 7 nitrogen and oxygen atoms in total. The molecule has 2 aliphatic rings. The van der Waals surface area contributed by atoms with Gasteiger partial charge in [-0.25, -0.2) is 0 Å².